The van der Waals surface area contributed by atoms with E-state index in [4.69, 9.17) is 5.11 Å². The molecule has 1 heterocycles. The van der Waals surface area contributed by atoms with Crippen LogP contribution in [0.2, 0.25) is 0 Å². The Labute approximate surface area is 123 Å². The zero-order valence-corrected chi connectivity index (χ0v) is 11.7. The van der Waals surface area contributed by atoms with Gasteiger partial charge in [-0.3, -0.25) is 0 Å². The summed E-state index contributed by atoms with van der Waals surface area (Å²) in [6.45, 7) is 1.70. The van der Waals surface area contributed by atoms with E-state index in [9.17, 15) is 4.79 Å². The molecule has 4 heteroatoms. The maximum Gasteiger partial charge on any atom is 0.353 e. The number of nitrogens with zero attached hydrogens (tertiary/aromatic N) is 1. The van der Waals surface area contributed by atoms with Crippen LogP contribution >= 0.6 is 0 Å². The number of aromatic nitrogens is 2. The molecule has 3 rings (SSSR count). The van der Waals surface area contributed by atoms with E-state index in [1.165, 1.54) is 17.3 Å². The van der Waals surface area contributed by atoms with Crippen LogP contribution in [0.25, 0.3) is 11.1 Å². The van der Waals surface area contributed by atoms with E-state index in [0.29, 0.717) is 5.82 Å². The third-order valence-electron chi connectivity index (χ3n) is 2.81. The number of nitrogens with one attached hydrogen (secondary N) is 1. The molecule has 0 aliphatic carbocycles. The first kappa shape index (κ1) is 14.5. The van der Waals surface area contributed by atoms with E-state index < -0.39 is 5.97 Å². The first-order valence-electron chi connectivity index (χ1n) is 6.52. The van der Waals surface area contributed by atoms with Gasteiger partial charge in [0.05, 0.1) is 6.20 Å². The zero-order valence-electron chi connectivity index (χ0n) is 11.7. The van der Waals surface area contributed by atoms with Crippen LogP contribution in [0, 0.1) is 6.92 Å². The van der Waals surface area contributed by atoms with Crippen molar-refractivity contribution < 1.29 is 9.90 Å². The van der Waals surface area contributed by atoms with Crippen molar-refractivity contribution in [1.29, 1.82) is 0 Å². The summed E-state index contributed by atoms with van der Waals surface area (Å²) in [4.78, 5) is 16.4. The second-order valence-electron chi connectivity index (χ2n) is 4.42. The quantitative estimate of drug-likeness (QED) is 0.751. The maximum atomic E-state index is 10.1. The van der Waals surface area contributed by atoms with E-state index >= 15 is 0 Å². The van der Waals surface area contributed by atoms with E-state index in [1.54, 1.807) is 6.92 Å². The standard InChI is InChI=1S/C12H10.C5H6N2O2/c1-3-7-11(8-4-1)12-9-5-2-6-10-12;1-3-6-2-4(7-3)5(8)9/h1-10H;2H,1H3,(H,6,7)(H,8,9). The lowest BCUT2D eigenvalue weighted by molar-refractivity contribution is 0.0691. The monoisotopic (exact) mass is 280 g/mol. The number of rotatable bonds is 2. The Bertz CT molecular complexity index is 654. The molecule has 2 aromatic carbocycles. The first-order chi connectivity index (χ1) is 10.2. The minimum atomic E-state index is -0.976. The molecule has 21 heavy (non-hydrogen) atoms. The molecule has 3 aromatic rings. The average molecular weight is 280 g/mol. The number of carboxylic acid groups (broad SMARTS) is 1. The highest BCUT2D eigenvalue weighted by Gasteiger charge is 2.02. The highest BCUT2D eigenvalue weighted by atomic mass is 16.4. The average Bonchev–Trinajstić information content (AvgIpc) is 2.97. The molecule has 0 amide bonds. The van der Waals surface area contributed by atoms with Crippen LogP contribution in [0.15, 0.2) is 66.9 Å². The molecule has 0 aliphatic heterocycles. The molecule has 0 radical (unpaired) electrons. The Hall–Kier alpha value is -2.88. The summed E-state index contributed by atoms with van der Waals surface area (Å²) < 4.78 is 0. The molecule has 0 bridgehead atoms. The number of carbonyl (C=O) groups is 1. The number of hydrogen-bond acceptors (Lipinski definition) is 2. The number of carboxylic acids is 1. The van der Waals surface area contributed by atoms with Crippen LogP contribution in [0.5, 0.6) is 0 Å². The molecule has 0 aliphatic rings. The summed E-state index contributed by atoms with van der Waals surface area (Å²) in [6.07, 6.45) is 1.29. The predicted molar refractivity (Wildman–Crippen MR) is 82.2 cm³/mol. The van der Waals surface area contributed by atoms with Gasteiger partial charge in [0, 0.05) is 0 Å². The van der Waals surface area contributed by atoms with Gasteiger partial charge < -0.3 is 10.1 Å². The number of imidazole rings is 1. The van der Waals surface area contributed by atoms with Crippen LogP contribution in [0.4, 0.5) is 0 Å². The minimum absolute atomic E-state index is 0.132. The van der Waals surface area contributed by atoms with Crippen molar-refractivity contribution in [2.45, 2.75) is 6.92 Å². The fourth-order valence-corrected chi connectivity index (χ4v) is 1.79. The fraction of sp³-hybridized carbons (Fsp3) is 0.0588. The molecule has 0 atom stereocenters. The summed E-state index contributed by atoms with van der Waals surface area (Å²) in [7, 11) is 0. The molecule has 4 nitrogen and oxygen atoms in total. The van der Waals surface area contributed by atoms with Crippen LogP contribution in [-0.2, 0) is 0 Å². The summed E-state index contributed by atoms with van der Waals surface area (Å²) >= 11 is 0. The van der Waals surface area contributed by atoms with Crippen LogP contribution in [0.3, 0.4) is 0 Å². The molecule has 0 spiro atoms. The Kier molecular flexibility index (Phi) is 4.88. The smallest absolute Gasteiger partial charge is 0.353 e. The number of aryl methyl sites for hydroxylation is 1. The van der Waals surface area contributed by atoms with E-state index in [0.717, 1.165) is 0 Å². The van der Waals surface area contributed by atoms with Gasteiger partial charge in [0.2, 0.25) is 0 Å². The molecule has 1 aromatic heterocycles. The van der Waals surface area contributed by atoms with Gasteiger partial charge in [-0.1, -0.05) is 60.7 Å². The van der Waals surface area contributed by atoms with Gasteiger partial charge in [0.15, 0.2) is 0 Å². The second kappa shape index (κ2) is 7.05. The Morgan fingerprint density at radius 3 is 1.71 bits per heavy atom. The highest BCUT2D eigenvalue weighted by Crippen LogP contribution is 2.17. The molecule has 0 unspecified atom stereocenters. The van der Waals surface area contributed by atoms with Crippen LogP contribution in [-0.4, -0.2) is 21.0 Å². The Morgan fingerprint density at radius 2 is 1.43 bits per heavy atom. The lowest BCUT2D eigenvalue weighted by Gasteiger charge is -1.98. The molecule has 0 saturated heterocycles. The molecule has 0 saturated carbocycles. The van der Waals surface area contributed by atoms with Gasteiger partial charge in [-0.2, -0.15) is 0 Å². The lowest BCUT2D eigenvalue weighted by atomic mass is 10.1. The molecular formula is C17H16N2O2. The number of benzene rings is 2. The molecule has 2 N–H and O–H groups in total. The van der Waals surface area contributed by atoms with Crippen LogP contribution < -0.4 is 0 Å². The SMILES string of the molecule is Cc1ncc(C(=O)O)[nH]1.c1ccc(-c2ccccc2)cc1. The molecule has 0 fully saturated rings. The van der Waals surface area contributed by atoms with Crippen molar-refractivity contribution in [2.75, 3.05) is 0 Å². The normalized spacial score (nSPS) is 9.57. The summed E-state index contributed by atoms with van der Waals surface area (Å²) in [5, 5.41) is 8.33. The topological polar surface area (TPSA) is 66.0 Å². The Balaban J connectivity index is 0.000000161. The van der Waals surface area contributed by atoms with Crippen LogP contribution in [0.1, 0.15) is 16.3 Å². The number of H-pyrrole nitrogens is 1. The van der Waals surface area contributed by atoms with Gasteiger partial charge >= 0.3 is 5.97 Å². The lowest BCUT2D eigenvalue weighted by Crippen LogP contribution is -1.95. The van der Waals surface area contributed by atoms with Gasteiger partial charge in [0.25, 0.3) is 0 Å². The third kappa shape index (κ3) is 4.31. The third-order valence-corrected chi connectivity index (χ3v) is 2.81. The van der Waals surface area contributed by atoms with Crippen molar-refractivity contribution >= 4 is 5.97 Å². The van der Waals surface area contributed by atoms with Gasteiger partial charge in [0.1, 0.15) is 11.5 Å². The van der Waals surface area contributed by atoms with Gasteiger partial charge in [-0.15, -0.1) is 0 Å². The number of hydrogen-bond donors (Lipinski definition) is 2. The fourth-order valence-electron chi connectivity index (χ4n) is 1.79. The highest BCUT2D eigenvalue weighted by molar-refractivity contribution is 5.84. The predicted octanol–water partition coefficient (Wildman–Crippen LogP) is 3.77. The molecule has 106 valence electrons. The van der Waals surface area contributed by atoms with Crippen molar-refractivity contribution in [3.8, 4) is 11.1 Å². The van der Waals surface area contributed by atoms with Crippen molar-refractivity contribution in [2.24, 2.45) is 0 Å². The zero-order chi connectivity index (χ0) is 15.1. The number of aromatic amines is 1. The van der Waals surface area contributed by atoms with Gasteiger partial charge in [-0.25, -0.2) is 9.78 Å². The first-order valence-corrected chi connectivity index (χ1v) is 6.52. The maximum absolute atomic E-state index is 10.1. The van der Waals surface area contributed by atoms with Crippen molar-refractivity contribution in [1.82, 2.24) is 9.97 Å². The largest absolute Gasteiger partial charge is 0.477 e. The summed E-state index contributed by atoms with van der Waals surface area (Å²) in [6, 6.07) is 20.8. The van der Waals surface area contributed by atoms with E-state index in [2.05, 4.69) is 58.5 Å². The molecular weight excluding hydrogens is 264 g/mol. The second-order valence-corrected chi connectivity index (χ2v) is 4.42. The van der Waals surface area contributed by atoms with Crippen molar-refractivity contribution in [3.63, 3.8) is 0 Å². The van der Waals surface area contributed by atoms with Crippen molar-refractivity contribution in [3.05, 3.63) is 78.4 Å². The van der Waals surface area contributed by atoms with E-state index in [1.807, 2.05) is 12.1 Å². The number of aromatic carboxylic acids is 1. The summed E-state index contributed by atoms with van der Waals surface area (Å²) in [5.74, 6) is -0.358. The Morgan fingerprint density at radius 1 is 0.952 bits per heavy atom. The minimum Gasteiger partial charge on any atom is -0.477 e. The van der Waals surface area contributed by atoms with E-state index in [-0.39, 0.29) is 5.69 Å². The van der Waals surface area contributed by atoms with Gasteiger partial charge in [-0.05, 0) is 18.1 Å². The summed E-state index contributed by atoms with van der Waals surface area (Å²) in [5.41, 5.74) is 2.68.